The fraction of sp³-hybridized carbons (Fsp3) is 0.538. The first-order valence-electron chi connectivity index (χ1n) is 6.18. The van der Waals surface area contributed by atoms with Gasteiger partial charge in [-0.25, -0.2) is 0 Å². The zero-order valence-corrected chi connectivity index (χ0v) is 11.1. The van der Waals surface area contributed by atoms with Crippen molar-refractivity contribution in [1.29, 1.82) is 0 Å². The van der Waals surface area contributed by atoms with Crippen molar-refractivity contribution in [2.45, 2.75) is 24.6 Å². The van der Waals surface area contributed by atoms with Crippen LogP contribution >= 0.6 is 11.8 Å². The molecule has 0 radical (unpaired) electrons. The summed E-state index contributed by atoms with van der Waals surface area (Å²) in [4.78, 5) is 17.8. The third kappa shape index (κ3) is 3.99. The van der Waals surface area contributed by atoms with Crippen LogP contribution in [-0.4, -0.2) is 45.8 Å². The Balaban J connectivity index is 1.73. The molecule has 0 saturated heterocycles. The summed E-state index contributed by atoms with van der Waals surface area (Å²) in [6.45, 7) is 0.524. The average molecular weight is 266 g/mol. The van der Waals surface area contributed by atoms with Crippen molar-refractivity contribution in [2.24, 2.45) is 0 Å². The van der Waals surface area contributed by atoms with Crippen LogP contribution in [0.25, 0.3) is 0 Å². The second-order valence-electron chi connectivity index (χ2n) is 4.39. The topological polar surface area (TPSA) is 53.4 Å². The van der Waals surface area contributed by atoms with Gasteiger partial charge in [0.05, 0.1) is 12.4 Å². The highest BCUT2D eigenvalue weighted by Gasteiger charge is 2.31. The van der Waals surface area contributed by atoms with Gasteiger partial charge in [-0.05, 0) is 30.5 Å². The van der Waals surface area contributed by atoms with E-state index in [1.165, 1.54) is 5.56 Å². The Hall–Kier alpha value is -1.07. The molecule has 0 bridgehead atoms. The first-order chi connectivity index (χ1) is 8.81. The lowest BCUT2D eigenvalue weighted by Crippen LogP contribution is -2.36. The quantitative estimate of drug-likeness (QED) is 0.808. The van der Waals surface area contributed by atoms with Crippen LogP contribution in [0.4, 0.5) is 0 Å². The Morgan fingerprint density at radius 2 is 2.17 bits per heavy atom. The van der Waals surface area contributed by atoms with Gasteiger partial charge >= 0.3 is 0 Å². The van der Waals surface area contributed by atoms with E-state index in [4.69, 9.17) is 5.11 Å². The molecule has 1 N–H and O–H groups in total. The van der Waals surface area contributed by atoms with E-state index in [0.29, 0.717) is 18.3 Å². The van der Waals surface area contributed by atoms with Crippen molar-refractivity contribution in [3.05, 3.63) is 30.1 Å². The number of aromatic nitrogens is 1. The Morgan fingerprint density at radius 3 is 2.78 bits per heavy atom. The lowest BCUT2D eigenvalue weighted by Gasteiger charge is -2.21. The van der Waals surface area contributed by atoms with Gasteiger partial charge in [-0.15, -0.1) is 11.8 Å². The monoisotopic (exact) mass is 266 g/mol. The zero-order chi connectivity index (χ0) is 12.8. The lowest BCUT2D eigenvalue weighted by molar-refractivity contribution is -0.129. The van der Waals surface area contributed by atoms with Gasteiger partial charge in [-0.1, -0.05) is 0 Å². The zero-order valence-electron chi connectivity index (χ0n) is 10.3. The van der Waals surface area contributed by atoms with Crippen molar-refractivity contribution in [3.63, 3.8) is 0 Å². The minimum Gasteiger partial charge on any atom is -0.395 e. The number of amides is 1. The highest BCUT2D eigenvalue weighted by atomic mass is 32.2. The van der Waals surface area contributed by atoms with E-state index in [1.54, 1.807) is 24.2 Å². The molecule has 1 fully saturated rings. The summed E-state index contributed by atoms with van der Waals surface area (Å²) in [6, 6.07) is 4.31. The number of carbonyl (C=O) groups excluding carboxylic acids is 1. The van der Waals surface area contributed by atoms with Crippen molar-refractivity contribution in [2.75, 3.05) is 18.9 Å². The summed E-state index contributed by atoms with van der Waals surface area (Å²) in [5.41, 5.74) is 1.18. The van der Waals surface area contributed by atoms with E-state index in [1.807, 2.05) is 17.0 Å². The van der Waals surface area contributed by atoms with Crippen LogP contribution in [0.2, 0.25) is 0 Å². The van der Waals surface area contributed by atoms with Gasteiger partial charge in [0.1, 0.15) is 0 Å². The molecule has 1 heterocycles. The van der Waals surface area contributed by atoms with Crippen LogP contribution in [0.3, 0.4) is 0 Å². The number of carbonyl (C=O) groups is 1. The van der Waals surface area contributed by atoms with Crippen LogP contribution in [-0.2, 0) is 10.5 Å². The summed E-state index contributed by atoms with van der Waals surface area (Å²) in [5, 5.41) is 8.96. The van der Waals surface area contributed by atoms with Crippen LogP contribution in [0.1, 0.15) is 18.4 Å². The molecule has 18 heavy (non-hydrogen) atoms. The molecule has 2 rings (SSSR count). The summed E-state index contributed by atoms with van der Waals surface area (Å²) in [5.74, 6) is 1.45. The van der Waals surface area contributed by atoms with Gasteiger partial charge in [0, 0.05) is 30.7 Å². The van der Waals surface area contributed by atoms with Crippen molar-refractivity contribution in [1.82, 2.24) is 9.88 Å². The molecule has 1 aromatic rings. The van der Waals surface area contributed by atoms with Crippen LogP contribution < -0.4 is 0 Å². The van der Waals surface area contributed by atoms with E-state index in [9.17, 15) is 4.79 Å². The molecular formula is C13H18N2O2S. The molecule has 0 spiro atoms. The van der Waals surface area contributed by atoms with E-state index in [0.717, 1.165) is 18.6 Å². The number of hydrogen-bond acceptors (Lipinski definition) is 4. The standard InChI is InChI=1S/C13H18N2O2S/c16-8-7-15(12-1-2-12)13(17)10-18-9-11-3-5-14-6-4-11/h3-6,12,16H,1-2,7-10H2. The number of nitrogens with zero attached hydrogens (tertiary/aromatic N) is 2. The predicted octanol–water partition coefficient (Wildman–Crippen LogP) is 1.30. The number of rotatable bonds is 7. The fourth-order valence-electron chi connectivity index (χ4n) is 1.82. The van der Waals surface area contributed by atoms with Gasteiger partial charge in [-0.2, -0.15) is 0 Å². The maximum absolute atomic E-state index is 12.0. The summed E-state index contributed by atoms with van der Waals surface area (Å²) in [6.07, 6.45) is 5.70. The maximum Gasteiger partial charge on any atom is 0.232 e. The Kier molecular flexibility index (Phi) is 5.01. The summed E-state index contributed by atoms with van der Waals surface area (Å²) >= 11 is 1.61. The third-order valence-corrected chi connectivity index (χ3v) is 3.88. The van der Waals surface area contributed by atoms with Gasteiger partial charge in [0.15, 0.2) is 0 Å². The molecule has 4 nitrogen and oxygen atoms in total. The normalized spacial score (nSPS) is 14.5. The number of aliphatic hydroxyl groups is 1. The molecule has 1 amide bonds. The highest BCUT2D eigenvalue weighted by molar-refractivity contribution is 7.99. The van der Waals surface area contributed by atoms with Crippen molar-refractivity contribution in [3.8, 4) is 0 Å². The molecule has 98 valence electrons. The van der Waals surface area contributed by atoms with E-state index < -0.39 is 0 Å². The molecule has 1 saturated carbocycles. The maximum atomic E-state index is 12.0. The molecular weight excluding hydrogens is 248 g/mol. The van der Waals surface area contributed by atoms with Crippen LogP contribution in [0, 0.1) is 0 Å². The third-order valence-electron chi connectivity index (χ3n) is 2.89. The Morgan fingerprint density at radius 1 is 1.44 bits per heavy atom. The van der Waals surface area contributed by atoms with Gasteiger partial charge in [-0.3, -0.25) is 9.78 Å². The van der Waals surface area contributed by atoms with E-state index in [2.05, 4.69) is 4.98 Å². The molecule has 1 aliphatic rings. The minimum atomic E-state index is 0.0528. The molecule has 0 aromatic carbocycles. The SMILES string of the molecule is O=C(CSCc1ccncc1)N(CCO)C1CC1. The minimum absolute atomic E-state index is 0.0528. The van der Waals surface area contributed by atoms with Gasteiger partial charge in [0.25, 0.3) is 0 Å². The Bertz CT molecular complexity index is 382. The van der Waals surface area contributed by atoms with Crippen molar-refractivity contribution < 1.29 is 9.90 Å². The molecule has 0 atom stereocenters. The lowest BCUT2D eigenvalue weighted by atomic mass is 10.3. The van der Waals surface area contributed by atoms with Gasteiger partial charge < -0.3 is 10.0 Å². The average Bonchev–Trinajstić information content (AvgIpc) is 3.21. The smallest absolute Gasteiger partial charge is 0.232 e. The molecule has 1 aromatic heterocycles. The number of thioether (sulfide) groups is 1. The Labute approximate surface area is 111 Å². The molecule has 0 aliphatic heterocycles. The molecule has 1 aliphatic carbocycles. The second-order valence-corrected chi connectivity index (χ2v) is 5.38. The molecule has 5 heteroatoms. The first kappa shape index (κ1) is 13.4. The van der Waals surface area contributed by atoms with E-state index >= 15 is 0 Å². The second kappa shape index (κ2) is 6.75. The number of pyridine rings is 1. The summed E-state index contributed by atoms with van der Waals surface area (Å²) in [7, 11) is 0. The van der Waals surface area contributed by atoms with E-state index in [-0.39, 0.29) is 12.5 Å². The van der Waals surface area contributed by atoms with Crippen molar-refractivity contribution >= 4 is 17.7 Å². The first-order valence-corrected chi connectivity index (χ1v) is 7.33. The fourth-order valence-corrected chi connectivity index (χ4v) is 2.69. The van der Waals surface area contributed by atoms with Crippen LogP contribution in [0.5, 0.6) is 0 Å². The van der Waals surface area contributed by atoms with Crippen LogP contribution in [0.15, 0.2) is 24.5 Å². The molecule has 0 unspecified atom stereocenters. The number of hydrogen-bond donors (Lipinski definition) is 1. The predicted molar refractivity (Wildman–Crippen MR) is 72.2 cm³/mol. The largest absolute Gasteiger partial charge is 0.395 e. The highest BCUT2D eigenvalue weighted by Crippen LogP contribution is 2.27. The summed E-state index contributed by atoms with van der Waals surface area (Å²) < 4.78 is 0. The number of aliphatic hydroxyl groups excluding tert-OH is 1. The van der Waals surface area contributed by atoms with Gasteiger partial charge in [0.2, 0.25) is 5.91 Å².